The van der Waals surface area contributed by atoms with Crippen LogP contribution in [-0.4, -0.2) is 232 Å². The zero-order chi connectivity index (χ0) is 68.8. The number of rotatable bonds is 37. The van der Waals surface area contributed by atoms with Gasteiger partial charge in [0.2, 0.25) is 65.0 Å². The monoisotopic (exact) mass is 1250 g/mol. The number of amides is 11. The van der Waals surface area contributed by atoms with Gasteiger partial charge in [-0.1, -0.05) is 116 Å². The molecule has 0 saturated heterocycles. The van der Waals surface area contributed by atoms with E-state index in [4.69, 9.17) is 5.73 Å². The molecule has 0 heterocycles. The zero-order valence-electron chi connectivity index (χ0n) is 58.2. The maximum atomic E-state index is 15.2. The van der Waals surface area contributed by atoms with Crippen molar-refractivity contribution >= 4 is 65.0 Å². The number of allylic oxidation sites excluding steroid dienone is 2. The lowest BCUT2D eigenvalue weighted by molar-refractivity contribution is -0.157. The Bertz CT molecular complexity index is 2360. The number of carbonyl (C=O) groups excluding carboxylic acids is 11. The molecular formula is C64H117N11O13. The first-order valence-corrected chi connectivity index (χ1v) is 31.5. The summed E-state index contributed by atoms with van der Waals surface area (Å²) < 4.78 is 0. The molecule has 13 atom stereocenters. The number of primary amides is 1. The van der Waals surface area contributed by atoms with Gasteiger partial charge in [0.05, 0.1) is 18.8 Å². The van der Waals surface area contributed by atoms with Gasteiger partial charge in [0.1, 0.15) is 54.4 Å². The molecule has 0 bridgehead atoms. The fourth-order valence-electron chi connectivity index (χ4n) is 10.7. The molecule has 0 aliphatic carbocycles. The lowest BCUT2D eigenvalue weighted by atomic mass is 9.91. The second-order valence-corrected chi connectivity index (χ2v) is 26.8. The number of hydrogen-bond donors (Lipinski definition) is 6. The molecule has 24 heteroatoms. The summed E-state index contributed by atoms with van der Waals surface area (Å²) in [6.07, 6.45) is 1.88. The maximum Gasteiger partial charge on any atom is 0.246 e. The Kier molecular flexibility index (Phi) is 35.1. The molecule has 0 aromatic heterocycles. The second-order valence-electron chi connectivity index (χ2n) is 26.8. The maximum absolute atomic E-state index is 15.2. The molecule has 0 radical (unpaired) electrons. The summed E-state index contributed by atoms with van der Waals surface area (Å²) in [7, 11) is 9.83. The molecule has 0 fully saturated rings. The molecule has 0 saturated carbocycles. The van der Waals surface area contributed by atoms with Crippen molar-refractivity contribution in [1.82, 2.24) is 50.2 Å². The zero-order valence-corrected chi connectivity index (χ0v) is 58.2. The van der Waals surface area contributed by atoms with Crippen molar-refractivity contribution in [3.05, 3.63) is 12.2 Å². The fraction of sp³-hybridized carbons (Fsp3) is 0.797. The normalized spacial score (nSPS) is 16.3. The molecule has 506 valence electrons. The van der Waals surface area contributed by atoms with Crippen molar-refractivity contribution in [2.45, 2.75) is 230 Å². The average Bonchev–Trinajstić information content (AvgIpc) is 1.52. The highest BCUT2D eigenvalue weighted by Crippen LogP contribution is 2.26. The van der Waals surface area contributed by atoms with Crippen molar-refractivity contribution in [2.24, 2.45) is 53.1 Å². The van der Waals surface area contributed by atoms with E-state index in [0.29, 0.717) is 12.8 Å². The first-order valence-electron chi connectivity index (χ1n) is 31.5. The van der Waals surface area contributed by atoms with Crippen LogP contribution in [0.1, 0.15) is 163 Å². The summed E-state index contributed by atoms with van der Waals surface area (Å²) in [4.78, 5) is 164. The van der Waals surface area contributed by atoms with E-state index in [0.717, 1.165) is 14.7 Å². The molecule has 0 aliphatic heterocycles. The predicted octanol–water partition coefficient (Wildman–Crippen LogP) is 3.25. The SMILES string of the molecule is C/C=C/C[C@@H](C)[C@H](O)C(C(=O)N[C@H](CC)C(=O)N(C)CC(=O)N(C)C(C(N)=O)[C@H](C)O)N(C)C(=O)[C@@H](C(C)C)N(C)C(=O)[C@@H](CC(C)C)N(C)C(=O)[C@@H](CC(C)C)N(C)C(=O)[C@H](C)NC(=O)[C@@H](CC(C)C)NC(=O)[C@H](CC(C)C)N(C)C(=O)[C@@H](C)C(C)C. The highest BCUT2D eigenvalue weighted by Gasteiger charge is 2.45. The number of nitrogens with two attached hydrogens (primary N) is 1. The molecule has 11 amide bonds. The molecule has 24 nitrogen and oxygen atoms in total. The summed E-state index contributed by atoms with van der Waals surface area (Å²) >= 11 is 0. The highest BCUT2D eigenvalue weighted by atomic mass is 16.3. The topological polar surface area (TPSA) is 313 Å². The summed E-state index contributed by atoms with van der Waals surface area (Å²) in [6, 6.07) is -11.0. The Hall–Kier alpha value is -6.17. The molecule has 0 spiro atoms. The summed E-state index contributed by atoms with van der Waals surface area (Å²) in [6.45, 7) is 31.6. The first-order chi connectivity index (χ1) is 40.5. The van der Waals surface area contributed by atoms with Gasteiger partial charge in [-0.3, -0.25) is 52.7 Å². The van der Waals surface area contributed by atoms with Gasteiger partial charge in [-0.15, -0.1) is 0 Å². The van der Waals surface area contributed by atoms with Crippen LogP contribution in [0.25, 0.3) is 0 Å². The van der Waals surface area contributed by atoms with Crippen LogP contribution in [-0.2, 0) is 52.7 Å². The second kappa shape index (κ2) is 37.7. The van der Waals surface area contributed by atoms with Crippen LogP contribution < -0.4 is 21.7 Å². The van der Waals surface area contributed by atoms with E-state index in [-0.39, 0.29) is 67.1 Å². The Balaban J connectivity index is 7.23. The van der Waals surface area contributed by atoms with Crippen LogP contribution in [0.3, 0.4) is 0 Å². The van der Waals surface area contributed by atoms with Crippen LogP contribution in [0.15, 0.2) is 12.2 Å². The number of aliphatic hydroxyl groups is 2. The number of aliphatic hydroxyl groups excluding tert-OH is 2. The van der Waals surface area contributed by atoms with E-state index in [9.17, 15) is 48.6 Å². The van der Waals surface area contributed by atoms with Gasteiger partial charge in [-0.05, 0) is 101 Å². The average molecular weight is 1250 g/mol. The number of hydrogen-bond acceptors (Lipinski definition) is 13. The Morgan fingerprint density at radius 1 is 0.455 bits per heavy atom. The molecule has 0 rings (SSSR count). The minimum atomic E-state index is -1.63. The molecule has 0 aromatic carbocycles. The fourth-order valence-corrected chi connectivity index (χ4v) is 10.7. The third-order valence-corrected chi connectivity index (χ3v) is 16.5. The van der Waals surface area contributed by atoms with Crippen molar-refractivity contribution in [2.75, 3.05) is 55.9 Å². The van der Waals surface area contributed by atoms with Gasteiger partial charge < -0.3 is 66.2 Å². The van der Waals surface area contributed by atoms with Crippen molar-refractivity contribution in [1.29, 1.82) is 0 Å². The summed E-state index contributed by atoms with van der Waals surface area (Å²) in [5.41, 5.74) is 5.43. The molecule has 7 N–H and O–H groups in total. The van der Waals surface area contributed by atoms with Gasteiger partial charge in [0.25, 0.3) is 0 Å². The third-order valence-electron chi connectivity index (χ3n) is 16.5. The van der Waals surface area contributed by atoms with Crippen LogP contribution in [0.2, 0.25) is 0 Å². The minimum absolute atomic E-state index is 0.0131. The van der Waals surface area contributed by atoms with E-state index >= 15 is 14.4 Å². The molecule has 88 heavy (non-hydrogen) atoms. The lowest BCUT2D eigenvalue weighted by Crippen LogP contribution is -2.63. The number of likely N-dealkylation sites (N-methyl/N-ethyl adjacent to an activating group) is 7. The van der Waals surface area contributed by atoms with Gasteiger partial charge >= 0.3 is 0 Å². The van der Waals surface area contributed by atoms with E-state index in [1.807, 2.05) is 76.2 Å². The van der Waals surface area contributed by atoms with Crippen molar-refractivity contribution in [3.8, 4) is 0 Å². The van der Waals surface area contributed by atoms with Gasteiger partial charge in [0.15, 0.2) is 0 Å². The molecular weight excluding hydrogens is 1130 g/mol. The number of carbonyl (C=O) groups is 11. The Morgan fingerprint density at radius 3 is 1.31 bits per heavy atom. The molecule has 0 aromatic rings. The highest BCUT2D eigenvalue weighted by molar-refractivity contribution is 5.99. The predicted molar refractivity (Wildman–Crippen MR) is 341 cm³/mol. The van der Waals surface area contributed by atoms with Crippen LogP contribution in [0.4, 0.5) is 0 Å². The standard InChI is InChI=1S/C64H117N11O13/c1-26-28-29-41(15)54(78)53(58(82)67-45(27-2)61(85)69(19)34-50(77)73(23)52(44(18)76)55(65)79)75(25)64(88)51(40(13)14)74(24)63(87)49(33-38(9)10)72(22)62(86)48(32-37(7)8)71(21)60(84)43(17)66-56(80)46(30-35(3)4)68-57(81)47(31-36(5)6)70(20)59(83)42(16)39(11)12/h26,28,35-49,51-54,76,78H,27,29-34H2,1-25H3,(H2,65,79)(H,66,80)(H,67,82)(H,68,81)/b28-26+/t41-,42+,43+,44+,45-,46-,47+,48-,49-,51-,52?,53?,54+/m1/s1. The van der Waals surface area contributed by atoms with Crippen LogP contribution in [0, 0.1) is 47.3 Å². The van der Waals surface area contributed by atoms with Crippen molar-refractivity contribution in [3.63, 3.8) is 0 Å². The van der Waals surface area contributed by atoms with Crippen LogP contribution >= 0.6 is 0 Å². The number of nitrogens with zero attached hydrogens (tertiary/aromatic N) is 7. The molecule has 0 aliphatic rings. The quantitative estimate of drug-likeness (QED) is 0.0488. The Morgan fingerprint density at radius 2 is 0.886 bits per heavy atom. The van der Waals surface area contributed by atoms with Gasteiger partial charge in [-0.2, -0.15) is 0 Å². The first kappa shape index (κ1) is 81.8. The third kappa shape index (κ3) is 24.0. The largest absolute Gasteiger partial charge is 0.391 e. The van der Waals surface area contributed by atoms with Gasteiger partial charge in [-0.25, -0.2) is 0 Å². The van der Waals surface area contributed by atoms with Gasteiger partial charge in [0, 0.05) is 55.3 Å². The number of nitrogens with one attached hydrogen (secondary N) is 3. The van der Waals surface area contributed by atoms with E-state index in [1.54, 1.807) is 53.8 Å². The minimum Gasteiger partial charge on any atom is -0.391 e. The van der Waals surface area contributed by atoms with E-state index in [1.165, 1.54) is 75.7 Å². The smallest absolute Gasteiger partial charge is 0.246 e. The summed E-state index contributed by atoms with van der Waals surface area (Å²) in [5, 5.41) is 30.5. The van der Waals surface area contributed by atoms with E-state index < -0.39 is 144 Å². The van der Waals surface area contributed by atoms with Crippen LogP contribution in [0.5, 0.6) is 0 Å². The van der Waals surface area contributed by atoms with E-state index in [2.05, 4.69) is 16.0 Å². The molecule has 2 unspecified atom stereocenters. The lowest BCUT2D eigenvalue weighted by Gasteiger charge is -2.41. The Labute approximate surface area is 527 Å². The summed E-state index contributed by atoms with van der Waals surface area (Å²) in [5.74, 6) is -9.11. The van der Waals surface area contributed by atoms with Crippen molar-refractivity contribution < 1.29 is 63.0 Å².